The van der Waals surface area contributed by atoms with Gasteiger partial charge in [-0.15, -0.1) is 0 Å². The van der Waals surface area contributed by atoms with Crippen molar-refractivity contribution in [3.8, 4) is 5.75 Å². The highest BCUT2D eigenvalue weighted by atomic mass is 31.2. The summed E-state index contributed by atoms with van der Waals surface area (Å²) in [5.41, 5.74) is 0.567. The maximum Gasteiger partial charge on any atom is 0.357 e. The molecule has 1 unspecified atom stereocenters. The van der Waals surface area contributed by atoms with Crippen molar-refractivity contribution in [3.05, 3.63) is 77.2 Å². The molecule has 0 saturated heterocycles. The van der Waals surface area contributed by atoms with Gasteiger partial charge in [-0.25, -0.2) is 0 Å². The van der Waals surface area contributed by atoms with Gasteiger partial charge in [0.1, 0.15) is 5.70 Å². The zero-order valence-electron chi connectivity index (χ0n) is 14.9. The SMILES string of the molecule is CC[C@@]1(C)NC2=C(O[P+]1([O-])Oc1ccccc1)C(=O)c1ccccc1C2=O. The third kappa shape index (κ3) is 2.64. The molecule has 0 aromatic heterocycles. The van der Waals surface area contributed by atoms with E-state index in [-0.39, 0.29) is 22.8 Å². The highest BCUT2D eigenvalue weighted by Gasteiger charge is 2.60. The number of carbonyl (C=O) groups excluding carboxylic acids is 2. The van der Waals surface area contributed by atoms with Crippen LogP contribution < -0.4 is 14.7 Å². The van der Waals surface area contributed by atoms with Gasteiger partial charge in [0.25, 0.3) is 5.76 Å². The number of rotatable bonds is 3. The molecular weight excluding hydrogens is 365 g/mol. The lowest BCUT2D eigenvalue weighted by Gasteiger charge is -2.45. The summed E-state index contributed by atoms with van der Waals surface area (Å²) < 4.78 is 11.5. The maximum absolute atomic E-state index is 13.7. The monoisotopic (exact) mass is 383 g/mol. The predicted molar refractivity (Wildman–Crippen MR) is 99.0 cm³/mol. The van der Waals surface area contributed by atoms with Crippen LogP contribution in [0.1, 0.15) is 41.0 Å². The van der Waals surface area contributed by atoms with Gasteiger partial charge in [-0.2, -0.15) is 0 Å². The van der Waals surface area contributed by atoms with Crippen LogP contribution in [0.15, 0.2) is 66.1 Å². The molecule has 2 atom stereocenters. The molecule has 6 nitrogen and oxygen atoms in total. The molecule has 1 aliphatic heterocycles. The minimum Gasteiger partial charge on any atom is -0.615 e. The summed E-state index contributed by atoms with van der Waals surface area (Å²) in [6, 6.07) is 15.1. The summed E-state index contributed by atoms with van der Waals surface area (Å²) in [5.74, 6) is -0.723. The zero-order chi connectivity index (χ0) is 19.2. The van der Waals surface area contributed by atoms with E-state index in [1.807, 2.05) is 13.0 Å². The second kappa shape index (κ2) is 6.19. The van der Waals surface area contributed by atoms with Crippen LogP contribution in [0, 0.1) is 0 Å². The molecule has 0 spiro atoms. The Morgan fingerprint density at radius 1 is 1.04 bits per heavy atom. The van der Waals surface area contributed by atoms with Gasteiger partial charge in [0.15, 0.2) is 5.75 Å². The fourth-order valence-electron chi connectivity index (χ4n) is 3.13. The van der Waals surface area contributed by atoms with E-state index < -0.39 is 19.0 Å². The molecule has 0 bridgehead atoms. The summed E-state index contributed by atoms with van der Waals surface area (Å²) in [6.07, 6.45) is 0.358. The summed E-state index contributed by atoms with van der Waals surface area (Å²) in [6.45, 7) is 3.48. The van der Waals surface area contributed by atoms with E-state index in [0.29, 0.717) is 17.7 Å². The van der Waals surface area contributed by atoms with Gasteiger partial charge in [0.2, 0.25) is 16.8 Å². The fraction of sp³-hybridized carbons (Fsp3) is 0.200. The van der Waals surface area contributed by atoms with E-state index in [1.54, 1.807) is 55.5 Å². The third-order valence-corrected chi connectivity index (χ3v) is 7.46. The first-order valence-electron chi connectivity index (χ1n) is 8.64. The van der Waals surface area contributed by atoms with Crippen LogP contribution in [0.3, 0.4) is 0 Å². The molecule has 0 saturated carbocycles. The first-order chi connectivity index (χ1) is 12.9. The van der Waals surface area contributed by atoms with E-state index in [2.05, 4.69) is 5.32 Å². The number of hydrogen-bond donors (Lipinski definition) is 1. The van der Waals surface area contributed by atoms with E-state index >= 15 is 0 Å². The molecule has 1 heterocycles. The lowest BCUT2D eigenvalue weighted by molar-refractivity contribution is -0.216. The highest BCUT2D eigenvalue weighted by Crippen LogP contribution is 2.67. The molecule has 2 aromatic rings. The lowest BCUT2D eigenvalue weighted by Crippen LogP contribution is -2.55. The number of nitrogens with one attached hydrogen (secondary N) is 1. The molecule has 1 aliphatic carbocycles. The quantitative estimate of drug-likeness (QED) is 0.819. The number of Topliss-reactive ketones (excluding diaryl/α,β-unsaturated/α-hetero) is 2. The highest BCUT2D eigenvalue weighted by molar-refractivity contribution is 7.61. The van der Waals surface area contributed by atoms with Crippen molar-refractivity contribution in [1.29, 1.82) is 0 Å². The average molecular weight is 383 g/mol. The molecule has 1 N–H and O–H groups in total. The maximum atomic E-state index is 13.7. The lowest BCUT2D eigenvalue weighted by atomic mass is 9.91. The van der Waals surface area contributed by atoms with Gasteiger partial charge in [-0.1, -0.05) is 49.4 Å². The largest absolute Gasteiger partial charge is 0.615 e. The van der Waals surface area contributed by atoms with Crippen molar-refractivity contribution >= 4 is 19.5 Å². The summed E-state index contributed by atoms with van der Waals surface area (Å²) >= 11 is 0. The van der Waals surface area contributed by atoms with Crippen LogP contribution in [-0.2, 0) is 4.52 Å². The van der Waals surface area contributed by atoms with Crippen LogP contribution in [0.2, 0.25) is 0 Å². The van der Waals surface area contributed by atoms with Crippen LogP contribution in [0.4, 0.5) is 0 Å². The molecule has 2 aliphatic rings. The number of fused-ring (bicyclic) bond motifs is 1. The van der Waals surface area contributed by atoms with Gasteiger partial charge >= 0.3 is 7.94 Å². The second-order valence-corrected chi connectivity index (χ2v) is 9.00. The van der Waals surface area contributed by atoms with E-state index in [0.717, 1.165) is 0 Å². The van der Waals surface area contributed by atoms with Gasteiger partial charge in [0.05, 0.1) is 0 Å². The summed E-state index contributed by atoms with van der Waals surface area (Å²) in [4.78, 5) is 39.5. The first-order valence-corrected chi connectivity index (χ1v) is 10.2. The summed E-state index contributed by atoms with van der Waals surface area (Å²) in [7, 11) is -3.86. The molecular formula is C20H18NO5P. The Morgan fingerprint density at radius 3 is 2.26 bits per heavy atom. The van der Waals surface area contributed by atoms with E-state index in [9.17, 15) is 14.5 Å². The molecule has 7 heteroatoms. The Balaban J connectivity index is 1.80. The van der Waals surface area contributed by atoms with Gasteiger partial charge in [-0.05, 0) is 12.1 Å². The molecule has 27 heavy (non-hydrogen) atoms. The Hall–Kier alpha value is -2.69. The van der Waals surface area contributed by atoms with Gasteiger partial charge < -0.3 is 19.3 Å². The molecule has 0 fully saturated rings. The van der Waals surface area contributed by atoms with Crippen molar-refractivity contribution in [2.24, 2.45) is 0 Å². The second-order valence-electron chi connectivity index (χ2n) is 6.65. The molecule has 138 valence electrons. The topological polar surface area (TPSA) is 87.7 Å². The number of para-hydroxylation sites is 1. The standard InChI is InChI=1S/C20H18NO5P/c1-3-20(2)21-16-17(22)14-11-7-8-12-15(14)18(23)19(16)26-27(20,24)25-13-9-5-4-6-10-13/h4-12,21H,3H2,1-2H3/t20-,27?/m0/s1. The molecule has 0 amide bonds. The minimum atomic E-state index is -3.86. The Morgan fingerprint density at radius 2 is 1.63 bits per heavy atom. The minimum absolute atomic E-state index is 0.0335. The molecule has 2 aromatic carbocycles. The van der Waals surface area contributed by atoms with Crippen molar-refractivity contribution < 1.29 is 23.5 Å². The van der Waals surface area contributed by atoms with Crippen LogP contribution in [0.5, 0.6) is 5.75 Å². The fourth-order valence-corrected chi connectivity index (χ4v) is 5.02. The average Bonchev–Trinajstić information content (AvgIpc) is 2.68. The zero-order valence-corrected chi connectivity index (χ0v) is 15.8. The van der Waals surface area contributed by atoms with Crippen LogP contribution in [0.25, 0.3) is 0 Å². The van der Waals surface area contributed by atoms with Crippen molar-refractivity contribution in [1.82, 2.24) is 5.32 Å². The van der Waals surface area contributed by atoms with Crippen LogP contribution in [-0.4, -0.2) is 16.8 Å². The van der Waals surface area contributed by atoms with E-state index in [4.69, 9.17) is 9.05 Å². The number of benzene rings is 2. The number of allylic oxidation sites excluding steroid dienone is 2. The van der Waals surface area contributed by atoms with Crippen molar-refractivity contribution in [3.63, 3.8) is 0 Å². The van der Waals surface area contributed by atoms with E-state index in [1.165, 1.54) is 0 Å². The van der Waals surface area contributed by atoms with Gasteiger partial charge in [-0.3, -0.25) is 9.59 Å². The van der Waals surface area contributed by atoms with Gasteiger partial charge in [0, 0.05) is 24.5 Å². The van der Waals surface area contributed by atoms with Crippen LogP contribution >= 0.6 is 7.94 Å². The van der Waals surface area contributed by atoms with Crippen molar-refractivity contribution in [2.75, 3.05) is 0 Å². The predicted octanol–water partition coefficient (Wildman–Crippen LogP) is 3.23. The third-order valence-electron chi connectivity index (χ3n) is 4.94. The molecule has 4 rings (SSSR count). The number of carbonyl (C=O) groups is 2. The Kier molecular flexibility index (Phi) is 4.06. The van der Waals surface area contributed by atoms with Crippen molar-refractivity contribution in [2.45, 2.75) is 25.5 Å². The smallest absolute Gasteiger partial charge is 0.357 e. The molecule has 0 radical (unpaired) electrons. The normalized spacial score (nSPS) is 26.6. The number of ketones is 2. The number of hydrogen-bond acceptors (Lipinski definition) is 6. The Bertz CT molecular complexity index is 973. The summed E-state index contributed by atoms with van der Waals surface area (Å²) in [5, 5.41) is 1.85. The first kappa shape index (κ1) is 17.7. The Labute approximate surface area is 157 Å².